The fraction of sp³-hybridized carbons (Fsp3) is 0.333. The predicted octanol–water partition coefficient (Wildman–Crippen LogP) is 3.66. The van der Waals surface area contributed by atoms with E-state index in [9.17, 15) is 9.59 Å². The summed E-state index contributed by atoms with van der Waals surface area (Å²) in [4.78, 5) is 24.2. The number of hydrogen-bond donors (Lipinski definition) is 2. The van der Waals surface area contributed by atoms with Crippen molar-refractivity contribution in [2.24, 2.45) is 5.92 Å². The maximum Gasteiger partial charge on any atom is 0.224 e. The van der Waals surface area contributed by atoms with Crippen LogP contribution in [0.15, 0.2) is 54.6 Å². The number of carbonyl (C=O) groups excluding carboxylic acids is 2. The normalized spacial score (nSPS) is 14.5. The van der Waals surface area contributed by atoms with Crippen LogP contribution in [-0.2, 0) is 16.0 Å². The lowest BCUT2D eigenvalue weighted by molar-refractivity contribution is -0.122. The molecule has 1 atom stereocenters. The zero-order valence-corrected chi connectivity index (χ0v) is 15.3. The van der Waals surface area contributed by atoms with Crippen LogP contribution < -0.4 is 10.6 Å². The van der Waals surface area contributed by atoms with E-state index in [1.54, 1.807) is 0 Å². The SMILES string of the molecule is O=C(Cc1ccccc1)NCCC(=O)NC(c1ccc(Cl)cc1)C1CC1. The number of benzene rings is 2. The molecule has 1 aliphatic carbocycles. The van der Waals surface area contributed by atoms with Crippen molar-refractivity contribution in [3.63, 3.8) is 0 Å². The molecule has 1 fully saturated rings. The summed E-state index contributed by atoms with van der Waals surface area (Å²) in [5, 5.41) is 6.61. The molecule has 2 N–H and O–H groups in total. The van der Waals surface area contributed by atoms with E-state index in [-0.39, 0.29) is 24.3 Å². The third kappa shape index (κ3) is 5.60. The summed E-state index contributed by atoms with van der Waals surface area (Å²) >= 11 is 5.95. The van der Waals surface area contributed by atoms with E-state index in [1.807, 2.05) is 54.6 Å². The van der Waals surface area contributed by atoms with E-state index in [2.05, 4.69) is 10.6 Å². The number of hydrogen-bond acceptors (Lipinski definition) is 2. The Hall–Kier alpha value is -2.33. The number of rotatable bonds is 8. The van der Waals surface area contributed by atoms with Crippen LogP contribution >= 0.6 is 11.6 Å². The summed E-state index contributed by atoms with van der Waals surface area (Å²) in [5.74, 6) is 0.380. The van der Waals surface area contributed by atoms with Crippen molar-refractivity contribution in [1.29, 1.82) is 0 Å². The van der Waals surface area contributed by atoms with Crippen LogP contribution in [0.1, 0.15) is 36.4 Å². The van der Waals surface area contributed by atoms with Gasteiger partial charge in [-0.3, -0.25) is 9.59 Å². The average molecular weight is 371 g/mol. The van der Waals surface area contributed by atoms with Crippen molar-refractivity contribution in [3.8, 4) is 0 Å². The van der Waals surface area contributed by atoms with Crippen LogP contribution in [0.5, 0.6) is 0 Å². The van der Waals surface area contributed by atoms with E-state index < -0.39 is 0 Å². The molecule has 0 radical (unpaired) electrons. The molecule has 0 aliphatic heterocycles. The second kappa shape index (κ2) is 8.86. The Labute approximate surface area is 158 Å². The second-order valence-electron chi connectivity index (χ2n) is 6.70. The molecule has 0 bridgehead atoms. The molecule has 1 aliphatic rings. The molecule has 26 heavy (non-hydrogen) atoms. The summed E-state index contributed by atoms with van der Waals surface area (Å²) in [5.41, 5.74) is 2.05. The van der Waals surface area contributed by atoms with E-state index in [0.717, 1.165) is 24.0 Å². The van der Waals surface area contributed by atoms with Crippen molar-refractivity contribution in [3.05, 3.63) is 70.7 Å². The highest BCUT2D eigenvalue weighted by Crippen LogP contribution is 2.41. The molecule has 4 nitrogen and oxygen atoms in total. The minimum absolute atomic E-state index is 0.0276. The molecular formula is C21H23ClN2O2. The first-order valence-corrected chi connectivity index (χ1v) is 9.35. The molecule has 5 heteroatoms. The number of amides is 2. The van der Waals surface area contributed by atoms with Crippen LogP contribution in [0.25, 0.3) is 0 Å². The third-order valence-corrected chi connectivity index (χ3v) is 4.77. The zero-order valence-electron chi connectivity index (χ0n) is 14.6. The summed E-state index contributed by atoms with van der Waals surface area (Å²) in [7, 11) is 0. The van der Waals surface area contributed by atoms with Crippen molar-refractivity contribution in [2.45, 2.75) is 31.7 Å². The smallest absolute Gasteiger partial charge is 0.224 e. The number of nitrogens with one attached hydrogen (secondary N) is 2. The minimum atomic E-state index is -0.0690. The van der Waals surface area contributed by atoms with Crippen LogP contribution in [0.4, 0.5) is 0 Å². The van der Waals surface area contributed by atoms with Crippen LogP contribution in [0, 0.1) is 5.92 Å². The van der Waals surface area contributed by atoms with Gasteiger partial charge in [0, 0.05) is 18.0 Å². The van der Waals surface area contributed by atoms with E-state index in [4.69, 9.17) is 11.6 Å². The van der Waals surface area contributed by atoms with Crippen LogP contribution in [-0.4, -0.2) is 18.4 Å². The molecule has 2 amide bonds. The van der Waals surface area contributed by atoms with Crippen molar-refractivity contribution < 1.29 is 9.59 Å². The predicted molar refractivity (Wildman–Crippen MR) is 103 cm³/mol. The Kier molecular flexibility index (Phi) is 6.29. The quantitative estimate of drug-likeness (QED) is 0.745. The highest BCUT2D eigenvalue weighted by atomic mass is 35.5. The Morgan fingerprint density at radius 1 is 1.00 bits per heavy atom. The van der Waals surface area contributed by atoms with E-state index >= 15 is 0 Å². The molecule has 0 aromatic heterocycles. The van der Waals surface area contributed by atoms with Gasteiger partial charge in [0.05, 0.1) is 12.5 Å². The van der Waals surface area contributed by atoms with Gasteiger partial charge < -0.3 is 10.6 Å². The summed E-state index contributed by atoms with van der Waals surface area (Å²) in [6, 6.07) is 17.2. The first-order chi connectivity index (χ1) is 12.6. The standard InChI is InChI=1S/C21H23ClN2O2/c22-18-10-8-17(9-11-18)21(16-6-7-16)24-19(25)12-13-23-20(26)14-15-4-2-1-3-5-15/h1-5,8-11,16,21H,6-7,12-14H2,(H,23,26)(H,24,25). The topological polar surface area (TPSA) is 58.2 Å². The molecule has 0 saturated heterocycles. The number of halogens is 1. The Bertz CT molecular complexity index is 742. The third-order valence-electron chi connectivity index (χ3n) is 4.52. The van der Waals surface area contributed by atoms with Gasteiger partial charge in [0.15, 0.2) is 0 Å². The highest BCUT2D eigenvalue weighted by molar-refractivity contribution is 6.30. The molecule has 2 aromatic carbocycles. The van der Waals surface area contributed by atoms with Gasteiger partial charge in [-0.15, -0.1) is 0 Å². The zero-order chi connectivity index (χ0) is 18.4. The van der Waals surface area contributed by atoms with Gasteiger partial charge in [0.2, 0.25) is 11.8 Å². The summed E-state index contributed by atoms with van der Waals surface area (Å²) < 4.78 is 0. The monoisotopic (exact) mass is 370 g/mol. The van der Waals surface area contributed by atoms with Gasteiger partial charge in [-0.05, 0) is 42.0 Å². The fourth-order valence-corrected chi connectivity index (χ4v) is 3.10. The Balaban J connectivity index is 1.44. The Morgan fingerprint density at radius 2 is 1.69 bits per heavy atom. The van der Waals surface area contributed by atoms with E-state index in [1.165, 1.54) is 0 Å². The lowest BCUT2D eigenvalue weighted by Crippen LogP contribution is -2.34. The van der Waals surface area contributed by atoms with Crippen molar-refractivity contribution >= 4 is 23.4 Å². The fourth-order valence-electron chi connectivity index (χ4n) is 2.98. The second-order valence-corrected chi connectivity index (χ2v) is 7.13. The van der Waals surface area contributed by atoms with E-state index in [0.29, 0.717) is 23.9 Å². The minimum Gasteiger partial charge on any atom is -0.355 e. The Morgan fingerprint density at radius 3 is 2.35 bits per heavy atom. The largest absolute Gasteiger partial charge is 0.355 e. The maximum absolute atomic E-state index is 12.3. The first kappa shape index (κ1) is 18.5. The van der Waals surface area contributed by atoms with Gasteiger partial charge in [-0.2, -0.15) is 0 Å². The van der Waals surface area contributed by atoms with Gasteiger partial charge in [0.25, 0.3) is 0 Å². The molecule has 1 unspecified atom stereocenters. The van der Waals surface area contributed by atoms with Crippen LogP contribution in [0.2, 0.25) is 5.02 Å². The molecule has 2 aromatic rings. The molecule has 0 heterocycles. The first-order valence-electron chi connectivity index (χ1n) is 8.97. The molecule has 1 saturated carbocycles. The molecule has 0 spiro atoms. The van der Waals surface area contributed by atoms with Gasteiger partial charge in [-0.1, -0.05) is 54.1 Å². The lowest BCUT2D eigenvalue weighted by atomic mass is 10.0. The average Bonchev–Trinajstić information content (AvgIpc) is 3.46. The maximum atomic E-state index is 12.3. The summed E-state index contributed by atoms with van der Waals surface area (Å²) in [6.45, 7) is 0.343. The van der Waals surface area contributed by atoms with Gasteiger partial charge in [0.1, 0.15) is 0 Å². The number of carbonyl (C=O) groups is 2. The molecular weight excluding hydrogens is 348 g/mol. The van der Waals surface area contributed by atoms with Crippen molar-refractivity contribution in [2.75, 3.05) is 6.54 Å². The summed E-state index contributed by atoms with van der Waals surface area (Å²) in [6.07, 6.45) is 2.86. The van der Waals surface area contributed by atoms with Crippen LogP contribution in [0.3, 0.4) is 0 Å². The highest BCUT2D eigenvalue weighted by Gasteiger charge is 2.33. The lowest BCUT2D eigenvalue weighted by Gasteiger charge is -2.19. The van der Waals surface area contributed by atoms with Gasteiger partial charge in [-0.25, -0.2) is 0 Å². The molecule has 136 valence electrons. The van der Waals surface area contributed by atoms with Crippen molar-refractivity contribution in [1.82, 2.24) is 10.6 Å². The molecule has 3 rings (SSSR count). The van der Waals surface area contributed by atoms with Gasteiger partial charge >= 0.3 is 0 Å².